The van der Waals surface area contributed by atoms with Crippen LogP contribution in [0.1, 0.15) is 53.7 Å². The molecule has 0 bridgehead atoms. The number of carboxylic acids is 1. The molecule has 1 atom stereocenters. The molecule has 35 heavy (non-hydrogen) atoms. The number of aryl methyl sites for hydroxylation is 1. The summed E-state index contributed by atoms with van der Waals surface area (Å²) in [5.74, 6) is 1.16. The molecule has 0 aliphatic heterocycles. The number of nitrogens with one attached hydrogen (secondary N) is 1. The van der Waals surface area contributed by atoms with Crippen molar-refractivity contribution >= 4 is 17.6 Å². The number of anilines is 2. The fraction of sp³-hybridized carbons (Fsp3) is 0.269. The van der Waals surface area contributed by atoms with Crippen molar-refractivity contribution in [3.8, 4) is 17.1 Å². The Morgan fingerprint density at radius 2 is 1.91 bits per heavy atom. The van der Waals surface area contributed by atoms with Crippen LogP contribution in [-0.2, 0) is 0 Å². The van der Waals surface area contributed by atoms with E-state index in [9.17, 15) is 4.79 Å². The number of pyridine rings is 2. The van der Waals surface area contributed by atoms with E-state index >= 15 is 0 Å². The molecule has 3 heterocycles. The van der Waals surface area contributed by atoms with Crippen molar-refractivity contribution in [3.63, 3.8) is 0 Å². The second kappa shape index (κ2) is 9.54. The minimum Gasteiger partial charge on any atom is -0.490 e. The van der Waals surface area contributed by atoms with Gasteiger partial charge in [0.05, 0.1) is 29.6 Å². The maximum absolute atomic E-state index is 11.1. The maximum Gasteiger partial charge on any atom is 0.335 e. The van der Waals surface area contributed by atoms with E-state index in [4.69, 9.17) is 14.8 Å². The van der Waals surface area contributed by atoms with Crippen LogP contribution in [0, 0.1) is 6.92 Å². The normalized spacial score (nSPS) is 14.2. The Balaban J connectivity index is 1.33. The van der Waals surface area contributed by atoms with Gasteiger partial charge in [-0.05, 0) is 74.6 Å². The average Bonchev–Trinajstić information content (AvgIpc) is 3.31. The van der Waals surface area contributed by atoms with Crippen LogP contribution in [-0.4, -0.2) is 42.1 Å². The molecule has 1 aromatic carbocycles. The third kappa shape index (κ3) is 5.13. The summed E-state index contributed by atoms with van der Waals surface area (Å²) in [6.45, 7) is 3.98. The first-order chi connectivity index (χ1) is 16.9. The summed E-state index contributed by atoms with van der Waals surface area (Å²) >= 11 is 0. The Labute approximate surface area is 202 Å². The van der Waals surface area contributed by atoms with Crippen LogP contribution in [0.15, 0.2) is 60.9 Å². The highest BCUT2D eigenvalue weighted by Gasteiger charge is 2.19. The lowest BCUT2D eigenvalue weighted by atomic mass is 9.96. The van der Waals surface area contributed by atoms with Crippen LogP contribution in [0.5, 0.6) is 5.75 Å². The van der Waals surface area contributed by atoms with E-state index < -0.39 is 5.97 Å². The smallest absolute Gasteiger partial charge is 0.335 e. The molecule has 9 heteroatoms. The number of aromatic nitrogens is 5. The molecule has 1 unspecified atom stereocenters. The number of ether oxygens (including phenoxy) is 1. The SMILES string of the molecule is Cc1cc(Nc2cc(OC3CCC3)ccn2)nc(-c2cn(C(C)c3ccc(C(=O)O)cc3)nn2)c1. The van der Waals surface area contributed by atoms with E-state index in [0.717, 1.165) is 29.7 Å². The zero-order chi connectivity index (χ0) is 24.4. The summed E-state index contributed by atoms with van der Waals surface area (Å²) in [5, 5.41) is 21.0. The molecule has 0 amide bonds. The minimum absolute atomic E-state index is 0.121. The van der Waals surface area contributed by atoms with Gasteiger partial charge in [-0.25, -0.2) is 19.4 Å². The van der Waals surface area contributed by atoms with E-state index in [2.05, 4.69) is 20.6 Å². The third-order valence-corrected chi connectivity index (χ3v) is 6.12. The average molecular weight is 471 g/mol. The Bertz CT molecular complexity index is 1350. The molecule has 4 aromatic rings. The summed E-state index contributed by atoms with van der Waals surface area (Å²) in [5.41, 5.74) is 3.53. The van der Waals surface area contributed by atoms with Gasteiger partial charge in [0.2, 0.25) is 0 Å². The van der Waals surface area contributed by atoms with Crippen molar-refractivity contribution in [2.75, 3.05) is 5.32 Å². The first-order valence-electron chi connectivity index (χ1n) is 11.6. The second-order valence-corrected chi connectivity index (χ2v) is 8.77. The van der Waals surface area contributed by atoms with Crippen LogP contribution in [0.4, 0.5) is 11.6 Å². The molecule has 0 radical (unpaired) electrons. The summed E-state index contributed by atoms with van der Waals surface area (Å²) < 4.78 is 7.72. The molecular formula is C26H26N6O3. The van der Waals surface area contributed by atoms with Crippen molar-refractivity contribution < 1.29 is 14.6 Å². The molecule has 1 saturated carbocycles. The number of rotatable bonds is 8. The van der Waals surface area contributed by atoms with Gasteiger partial charge in [0.25, 0.3) is 0 Å². The zero-order valence-corrected chi connectivity index (χ0v) is 19.5. The lowest BCUT2D eigenvalue weighted by Crippen LogP contribution is -2.24. The Morgan fingerprint density at radius 3 is 2.63 bits per heavy atom. The van der Waals surface area contributed by atoms with Crippen molar-refractivity contribution in [1.29, 1.82) is 0 Å². The summed E-state index contributed by atoms with van der Waals surface area (Å²) in [6, 6.07) is 14.3. The summed E-state index contributed by atoms with van der Waals surface area (Å²) in [4.78, 5) is 20.2. The van der Waals surface area contributed by atoms with Crippen LogP contribution in [0.3, 0.4) is 0 Å². The second-order valence-electron chi connectivity index (χ2n) is 8.77. The van der Waals surface area contributed by atoms with Gasteiger partial charge in [-0.15, -0.1) is 5.10 Å². The number of hydrogen-bond acceptors (Lipinski definition) is 7. The van der Waals surface area contributed by atoms with Crippen LogP contribution in [0.2, 0.25) is 0 Å². The highest BCUT2D eigenvalue weighted by Crippen LogP contribution is 2.28. The Kier molecular flexibility index (Phi) is 6.13. The lowest BCUT2D eigenvalue weighted by molar-refractivity contribution is 0.0697. The third-order valence-electron chi connectivity index (χ3n) is 6.12. The van der Waals surface area contributed by atoms with Crippen molar-refractivity contribution in [3.05, 3.63) is 77.6 Å². The van der Waals surface area contributed by atoms with Gasteiger partial charge >= 0.3 is 5.97 Å². The van der Waals surface area contributed by atoms with Gasteiger partial charge < -0.3 is 15.2 Å². The molecular weight excluding hydrogens is 444 g/mol. The predicted octanol–water partition coefficient (Wildman–Crippen LogP) is 5.03. The molecule has 1 aliphatic rings. The highest BCUT2D eigenvalue weighted by atomic mass is 16.5. The van der Waals surface area contributed by atoms with Gasteiger partial charge in [-0.3, -0.25) is 0 Å². The molecule has 1 aliphatic carbocycles. The quantitative estimate of drug-likeness (QED) is 0.369. The number of carboxylic acid groups (broad SMARTS) is 1. The van der Waals surface area contributed by atoms with Crippen LogP contribution in [0.25, 0.3) is 11.4 Å². The minimum atomic E-state index is -0.949. The summed E-state index contributed by atoms with van der Waals surface area (Å²) in [7, 11) is 0. The fourth-order valence-corrected chi connectivity index (χ4v) is 3.87. The first kappa shape index (κ1) is 22.5. The van der Waals surface area contributed by atoms with Crippen LogP contribution < -0.4 is 10.1 Å². The molecule has 0 saturated heterocycles. The van der Waals surface area contributed by atoms with E-state index in [1.807, 2.05) is 44.3 Å². The molecule has 9 nitrogen and oxygen atoms in total. The molecule has 178 valence electrons. The molecule has 1 fully saturated rings. The molecule has 0 spiro atoms. The van der Waals surface area contributed by atoms with Crippen molar-refractivity contribution in [1.82, 2.24) is 25.0 Å². The van der Waals surface area contributed by atoms with E-state index in [-0.39, 0.29) is 11.6 Å². The van der Waals surface area contributed by atoms with Crippen molar-refractivity contribution in [2.45, 2.75) is 45.3 Å². The number of aromatic carboxylic acids is 1. The van der Waals surface area contributed by atoms with Gasteiger partial charge in [0, 0.05) is 12.3 Å². The Hall–Kier alpha value is -4.27. The standard InChI is InChI=1S/C26H26N6O3/c1-16-12-22(23-15-32(31-30-23)17(2)18-6-8-19(9-7-18)26(33)34)28-25(13-16)29-24-14-21(10-11-27-24)35-20-4-3-5-20/h6-15,17,20H,3-5H2,1-2H3,(H,33,34)(H,27,28,29). The zero-order valence-electron chi connectivity index (χ0n) is 19.5. The number of nitrogens with zero attached hydrogens (tertiary/aromatic N) is 5. The van der Waals surface area contributed by atoms with E-state index in [1.54, 1.807) is 35.1 Å². The number of carbonyl (C=O) groups is 1. The van der Waals surface area contributed by atoms with Gasteiger partial charge in [-0.2, -0.15) is 0 Å². The van der Waals surface area contributed by atoms with Crippen LogP contribution >= 0.6 is 0 Å². The van der Waals surface area contributed by atoms with E-state index in [0.29, 0.717) is 29.1 Å². The fourth-order valence-electron chi connectivity index (χ4n) is 3.87. The Morgan fingerprint density at radius 1 is 1.11 bits per heavy atom. The lowest BCUT2D eigenvalue weighted by Gasteiger charge is -2.26. The largest absolute Gasteiger partial charge is 0.490 e. The molecule has 3 aromatic heterocycles. The maximum atomic E-state index is 11.1. The predicted molar refractivity (Wildman–Crippen MR) is 131 cm³/mol. The highest BCUT2D eigenvalue weighted by molar-refractivity contribution is 5.87. The number of benzene rings is 1. The molecule has 2 N–H and O–H groups in total. The molecule has 5 rings (SSSR count). The van der Waals surface area contributed by atoms with Crippen molar-refractivity contribution in [2.24, 2.45) is 0 Å². The summed E-state index contributed by atoms with van der Waals surface area (Å²) in [6.07, 6.45) is 7.28. The first-order valence-corrected chi connectivity index (χ1v) is 11.6. The van der Waals surface area contributed by atoms with Gasteiger partial charge in [-0.1, -0.05) is 17.3 Å². The van der Waals surface area contributed by atoms with E-state index in [1.165, 1.54) is 6.42 Å². The van der Waals surface area contributed by atoms with Gasteiger partial charge in [0.1, 0.15) is 23.1 Å². The topological polar surface area (TPSA) is 115 Å². The monoisotopic (exact) mass is 470 g/mol. The van der Waals surface area contributed by atoms with Gasteiger partial charge in [0.15, 0.2) is 0 Å². The number of hydrogen-bond donors (Lipinski definition) is 2.